The molecule has 0 aromatic carbocycles. The highest BCUT2D eigenvalue weighted by Crippen LogP contribution is 1.98. The van der Waals surface area contributed by atoms with Gasteiger partial charge >= 0.3 is 0 Å². The van der Waals surface area contributed by atoms with E-state index in [9.17, 15) is 0 Å². The Bertz CT molecular complexity index is 173. The Balaban J connectivity index is 2.62. The molecule has 0 N–H and O–H groups in total. The Labute approximate surface area is 61.5 Å². The molecule has 0 aromatic rings. The van der Waals surface area contributed by atoms with Crippen LogP contribution >= 0.6 is 0 Å². The van der Waals surface area contributed by atoms with Gasteiger partial charge in [0.25, 0.3) is 0 Å². The highest BCUT2D eigenvalue weighted by atomic mass is 15.4. The van der Waals surface area contributed by atoms with Gasteiger partial charge in [0.2, 0.25) is 0 Å². The molecule has 0 bridgehead atoms. The maximum atomic E-state index is 4.21. The summed E-state index contributed by atoms with van der Waals surface area (Å²) in [4.78, 5) is 0. The summed E-state index contributed by atoms with van der Waals surface area (Å²) in [5, 5.41) is 6.01. The molecule has 1 aliphatic rings. The number of hydrogen-bond donors (Lipinski definition) is 0. The zero-order valence-electron chi connectivity index (χ0n) is 6.41. The lowest BCUT2D eigenvalue weighted by Crippen LogP contribution is -2.06. The third-order valence-electron chi connectivity index (χ3n) is 1.16. The Morgan fingerprint density at radius 2 is 1.90 bits per heavy atom. The molecule has 0 heterocycles. The molecule has 0 spiro atoms. The summed E-state index contributed by atoms with van der Waals surface area (Å²) < 4.78 is 0. The first-order valence-corrected chi connectivity index (χ1v) is 3.38. The van der Waals surface area contributed by atoms with E-state index in [2.05, 4.69) is 17.3 Å². The van der Waals surface area contributed by atoms with Crippen molar-refractivity contribution < 1.29 is 0 Å². The van der Waals surface area contributed by atoms with Crippen LogP contribution in [0.5, 0.6) is 0 Å². The predicted molar refractivity (Wildman–Crippen MR) is 44.0 cm³/mol. The molecule has 1 aliphatic carbocycles. The van der Waals surface area contributed by atoms with Gasteiger partial charge in [-0.1, -0.05) is 12.2 Å². The van der Waals surface area contributed by atoms with Gasteiger partial charge in [-0.3, -0.25) is 0 Å². The second-order valence-electron chi connectivity index (χ2n) is 2.41. The maximum absolute atomic E-state index is 4.21. The van der Waals surface area contributed by atoms with Crippen LogP contribution in [0.3, 0.4) is 0 Å². The van der Waals surface area contributed by atoms with E-state index in [1.54, 1.807) is 5.01 Å². The quantitative estimate of drug-likeness (QED) is 0.498. The van der Waals surface area contributed by atoms with Gasteiger partial charge < -0.3 is 5.01 Å². The van der Waals surface area contributed by atoms with Crippen molar-refractivity contribution in [3.05, 3.63) is 24.3 Å². The van der Waals surface area contributed by atoms with Gasteiger partial charge in [0, 0.05) is 14.1 Å². The fraction of sp³-hybridized carbons (Fsp3) is 0.375. The molecule has 10 heavy (non-hydrogen) atoms. The summed E-state index contributed by atoms with van der Waals surface area (Å²) in [7, 11) is 3.84. The second-order valence-corrected chi connectivity index (χ2v) is 2.41. The SMILES string of the molecule is CN(C)N=C1C=CCC=C1. The van der Waals surface area contributed by atoms with Crippen molar-refractivity contribution in [1.29, 1.82) is 0 Å². The number of nitrogens with zero attached hydrogens (tertiary/aromatic N) is 2. The van der Waals surface area contributed by atoms with E-state index in [0.717, 1.165) is 12.1 Å². The summed E-state index contributed by atoms with van der Waals surface area (Å²) >= 11 is 0. The molecule has 2 heteroatoms. The first kappa shape index (κ1) is 7.06. The Morgan fingerprint density at radius 1 is 1.30 bits per heavy atom. The molecule has 1 rings (SSSR count). The van der Waals surface area contributed by atoms with Crippen LogP contribution in [0.2, 0.25) is 0 Å². The average Bonchev–Trinajstić information content (AvgIpc) is 1.88. The molecule has 0 amide bonds. The summed E-state index contributed by atoms with van der Waals surface area (Å²) in [6, 6.07) is 0. The average molecular weight is 136 g/mol. The van der Waals surface area contributed by atoms with Gasteiger partial charge in [-0.15, -0.1) is 0 Å². The molecule has 0 aromatic heterocycles. The summed E-state index contributed by atoms with van der Waals surface area (Å²) in [6.45, 7) is 0. The minimum Gasteiger partial charge on any atom is -0.303 e. The molecule has 54 valence electrons. The van der Waals surface area contributed by atoms with E-state index in [4.69, 9.17) is 0 Å². The van der Waals surface area contributed by atoms with Crippen molar-refractivity contribution >= 4 is 5.71 Å². The van der Waals surface area contributed by atoms with Crippen molar-refractivity contribution in [2.45, 2.75) is 6.42 Å². The lowest BCUT2D eigenvalue weighted by molar-refractivity contribution is 0.439. The summed E-state index contributed by atoms with van der Waals surface area (Å²) in [5.41, 5.74) is 1.02. The highest BCUT2D eigenvalue weighted by Gasteiger charge is 1.91. The molecular formula is C8H12N2. The number of hydrazone groups is 1. The van der Waals surface area contributed by atoms with Crippen molar-refractivity contribution in [3.63, 3.8) is 0 Å². The van der Waals surface area contributed by atoms with E-state index in [-0.39, 0.29) is 0 Å². The van der Waals surface area contributed by atoms with Crippen LogP contribution in [-0.4, -0.2) is 24.8 Å². The fourth-order valence-corrected chi connectivity index (χ4v) is 0.809. The van der Waals surface area contributed by atoms with E-state index in [0.29, 0.717) is 0 Å². The van der Waals surface area contributed by atoms with E-state index in [1.165, 1.54) is 0 Å². The lowest BCUT2D eigenvalue weighted by Gasteiger charge is -2.05. The van der Waals surface area contributed by atoms with Crippen LogP contribution < -0.4 is 0 Å². The minimum atomic E-state index is 1.02. The smallest absolute Gasteiger partial charge is 0.0825 e. The third kappa shape index (κ3) is 2.05. The van der Waals surface area contributed by atoms with Crippen LogP contribution in [0.15, 0.2) is 29.4 Å². The van der Waals surface area contributed by atoms with Gasteiger partial charge in [-0.05, 0) is 18.6 Å². The van der Waals surface area contributed by atoms with Gasteiger partial charge in [-0.2, -0.15) is 5.10 Å². The molecule has 0 aliphatic heterocycles. The Kier molecular flexibility index (Phi) is 2.26. The van der Waals surface area contributed by atoms with Crippen LogP contribution in [-0.2, 0) is 0 Å². The van der Waals surface area contributed by atoms with E-state index < -0.39 is 0 Å². The number of allylic oxidation sites excluding steroid dienone is 4. The Morgan fingerprint density at radius 3 is 2.40 bits per heavy atom. The molecule has 0 fully saturated rings. The molecule has 0 unspecified atom stereocenters. The molecule has 0 atom stereocenters. The lowest BCUT2D eigenvalue weighted by atomic mass is 10.2. The standard InChI is InChI=1S/C8H12N2/c1-10(2)9-8-6-4-3-5-7-8/h4-7H,3H2,1-2H3. The predicted octanol–water partition coefficient (Wildman–Crippen LogP) is 1.42. The largest absolute Gasteiger partial charge is 0.303 e. The molecule has 2 nitrogen and oxygen atoms in total. The van der Waals surface area contributed by atoms with Crippen LogP contribution in [0.1, 0.15) is 6.42 Å². The molecule has 0 radical (unpaired) electrons. The normalized spacial score (nSPS) is 15.6. The second kappa shape index (κ2) is 3.20. The first-order valence-electron chi connectivity index (χ1n) is 3.38. The van der Waals surface area contributed by atoms with Crippen LogP contribution in [0.25, 0.3) is 0 Å². The zero-order valence-corrected chi connectivity index (χ0v) is 6.41. The molecular weight excluding hydrogens is 124 g/mol. The third-order valence-corrected chi connectivity index (χ3v) is 1.16. The summed E-state index contributed by atoms with van der Waals surface area (Å²) in [5.74, 6) is 0. The van der Waals surface area contributed by atoms with Gasteiger partial charge in [0.1, 0.15) is 0 Å². The monoisotopic (exact) mass is 136 g/mol. The number of hydrogen-bond acceptors (Lipinski definition) is 2. The van der Waals surface area contributed by atoms with Crippen molar-refractivity contribution in [2.24, 2.45) is 5.10 Å². The first-order chi connectivity index (χ1) is 4.79. The van der Waals surface area contributed by atoms with E-state index >= 15 is 0 Å². The maximum Gasteiger partial charge on any atom is 0.0825 e. The van der Waals surface area contributed by atoms with Crippen LogP contribution in [0, 0.1) is 0 Å². The van der Waals surface area contributed by atoms with Crippen molar-refractivity contribution in [2.75, 3.05) is 14.1 Å². The Hall–Kier alpha value is -1.05. The molecule has 0 saturated carbocycles. The van der Waals surface area contributed by atoms with Crippen molar-refractivity contribution in [1.82, 2.24) is 5.01 Å². The van der Waals surface area contributed by atoms with Crippen molar-refractivity contribution in [3.8, 4) is 0 Å². The number of rotatable bonds is 1. The van der Waals surface area contributed by atoms with Gasteiger partial charge in [-0.25, -0.2) is 0 Å². The van der Waals surface area contributed by atoms with Gasteiger partial charge in [0.15, 0.2) is 0 Å². The molecule has 0 saturated heterocycles. The fourth-order valence-electron chi connectivity index (χ4n) is 0.809. The highest BCUT2D eigenvalue weighted by molar-refractivity contribution is 6.04. The van der Waals surface area contributed by atoms with Gasteiger partial charge in [0.05, 0.1) is 5.71 Å². The van der Waals surface area contributed by atoms with Crippen LogP contribution in [0.4, 0.5) is 0 Å². The summed E-state index contributed by atoms with van der Waals surface area (Å²) in [6.07, 6.45) is 9.29. The zero-order chi connectivity index (χ0) is 7.40. The topological polar surface area (TPSA) is 15.6 Å². The van der Waals surface area contributed by atoms with E-state index in [1.807, 2.05) is 26.2 Å². The minimum absolute atomic E-state index is 1.02.